The van der Waals surface area contributed by atoms with Crippen molar-refractivity contribution in [2.45, 2.75) is 36.7 Å². The molecule has 0 amide bonds. The van der Waals surface area contributed by atoms with Gasteiger partial charge in [0.15, 0.2) is 0 Å². The average Bonchev–Trinajstić information content (AvgIpc) is 2.87. The summed E-state index contributed by atoms with van der Waals surface area (Å²) in [4.78, 5) is 10.6. The molecule has 1 N–H and O–H groups in total. The van der Waals surface area contributed by atoms with Gasteiger partial charge < -0.3 is 9.52 Å². The fourth-order valence-corrected chi connectivity index (χ4v) is 3.51. The van der Waals surface area contributed by atoms with Gasteiger partial charge in [0.1, 0.15) is 5.76 Å². The Morgan fingerprint density at radius 3 is 2.69 bits per heavy atom. The van der Waals surface area contributed by atoms with Crippen LogP contribution in [0.15, 0.2) is 16.5 Å². The SMILES string of the molecule is O=C(O)c1ccc(CS(=O)C2CCCC2)o1. The van der Waals surface area contributed by atoms with E-state index in [9.17, 15) is 9.00 Å². The molecule has 1 aliphatic carbocycles. The van der Waals surface area contributed by atoms with Gasteiger partial charge in [0.25, 0.3) is 0 Å². The Morgan fingerprint density at radius 1 is 1.44 bits per heavy atom. The lowest BCUT2D eigenvalue weighted by atomic mass is 10.4. The molecular weight excluding hydrogens is 228 g/mol. The van der Waals surface area contributed by atoms with Crippen molar-refractivity contribution in [1.82, 2.24) is 0 Å². The Kier molecular flexibility index (Phi) is 3.43. The van der Waals surface area contributed by atoms with Gasteiger partial charge in [-0.15, -0.1) is 0 Å². The maximum atomic E-state index is 11.9. The molecule has 5 heteroatoms. The highest BCUT2D eigenvalue weighted by Crippen LogP contribution is 2.25. The standard InChI is InChI=1S/C11H14O4S/c12-11(13)10-6-5-8(15-10)7-16(14)9-3-1-2-4-9/h5-6,9H,1-4,7H2,(H,12,13). The fraction of sp³-hybridized carbons (Fsp3) is 0.545. The van der Waals surface area contributed by atoms with Crippen molar-refractivity contribution in [2.75, 3.05) is 0 Å². The molecule has 1 saturated carbocycles. The zero-order chi connectivity index (χ0) is 11.5. The van der Waals surface area contributed by atoms with Crippen molar-refractivity contribution in [3.8, 4) is 0 Å². The maximum Gasteiger partial charge on any atom is 0.371 e. The van der Waals surface area contributed by atoms with E-state index in [0.29, 0.717) is 11.5 Å². The molecule has 0 radical (unpaired) electrons. The molecule has 16 heavy (non-hydrogen) atoms. The topological polar surface area (TPSA) is 67.5 Å². The smallest absolute Gasteiger partial charge is 0.371 e. The highest BCUT2D eigenvalue weighted by Gasteiger charge is 2.22. The molecule has 4 nitrogen and oxygen atoms in total. The van der Waals surface area contributed by atoms with Gasteiger partial charge in [-0.3, -0.25) is 4.21 Å². The van der Waals surface area contributed by atoms with Crippen molar-refractivity contribution < 1.29 is 18.5 Å². The van der Waals surface area contributed by atoms with E-state index in [1.807, 2.05) is 0 Å². The first-order valence-corrected chi connectivity index (χ1v) is 6.74. The number of hydrogen-bond donors (Lipinski definition) is 1. The van der Waals surface area contributed by atoms with Gasteiger partial charge in [0, 0.05) is 16.0 Å². The van der Waals surface area contributed by atoms with E-state index < -0.39 is 16.8 Å². The molecule has 1 unspecified atom stereocenters. The normalized spacial score (nSPS) is 18.8. The van der Waals surface area contributed by atoms with Crippen molar-refractivity contribution >= 4 is 16.8 Å². The summed E-state index contributed by atoms with van der Waals surface area (Å²) < 4.78 is 17.0. The number of aromatic carboxylic acids is 1. The molecule has 0 aliphatic heterocycles. The lowest BCUT2D eigenvalue weighted by molar-refractivity contribution is 0.0661. The molecule has 0 saturated heterocycles. The lowest BCUT2D eigenvalue weighted by Gasteiger charge is -2.06. The van der Waals surface area contributed by atoms with Crippen LogP contribution in [0.5, 0.6) is 0 Å². The minimum absolute atomic E-state index is 0.0848. The Labute approximate surface area is 96.1 Å². The first kappa shape index (κ1) is 11.4. The van der Waals surface area contributed by atoms with Crippen molar-refractivity contribution in [1.29, 1.82) is 0 Å². The van der Waals surface area contributed by atoms with E-state index in [-0.39, 0.29) is 11.0 Å². The minimum Gasteiger partial charge on any atom is -0.475 e. The van der Waals surface area contributed by atoms with Crippen molar-refractivity contribution in [3.05, 3.63) is 23.7 Å². The quantitative estimate of drug-likeness (QED) is 0.878. The third-order valence-corrected chi connectivity index (χ3v) is 4.61. The Morgan fingerprint density at radius 2 is 2.12 bits per heavy atom. The van der Waals surface area contributed by atoms with Crippen LogP contribution in [0.1, 0.15) is 42.0 Å². The summed E-state index contributed by atoms with van der Waals surface area (Å²) in [6, 6.07) is 3.00. The predicted octanol–water partition coefficient (Wildman–Crippen LogP) is 2.17. The zero-order valence-electron chi connectivity index (χ0n) is 8.85. The highest BCUT2D eigenvalue weighted by molar-refractivity contribution is 7.84. The summed E-state index contributed by atoms with van der Waals surface area (Å²) >= 11 is 0. The molecule has 0 aromatic carbocycles. The summed E-state index contributed by atoms with van der Waals surface area (Å²) in [5, 5.41) is 8.94. The van der Waals surface area contributed by atoms with E-state index in [4.69, 9.17) is 9.52 Å². The van der Waals surface area contributed by atoms with Crippen LogP contribution >= 0.6 is 0 Å². The minimum atomic E-state index is -1.09. The van der Waals surface area contributed by atoms with Crippen LogP contribution in [-0.4, -0.2) is 20.5 Å². The molecule has 2 rings (SSSR count). The molecule has 1 heterocycles. The summed E-state index contributed by atoms with van der Waals surface area (Å²) in [5.41, 5.74) is 0. The zero-order valence-corrected chi connectivity index (χ0v) is 9.66. The molecular formula is C11H14O4S. The van der Waals surface area contributed by atoms with Gasteiger partial charge in [-0.25, -0.2) is 4.79 Å². The molecule has 1 aromatic heterocycles. The molecule has 1 atom stereocenters. The molecule has 1 fully saturated rings. The number of furan rings is 1. The van der Waals surface area contributed by atoms with Crippen molar-refractivity contribution in [2.24, 2.45) is 0 Å². The van der Waals surface area contributed by atoms with Gasteiger partial charge in [-0.05, 0) is 25.0 Å². The van der Waals surface area contributed by atoms with Crippen molar-refractivity contribution in [3.63, 3.8) is 0 Å². The molecule has 0 spiro atoms. The van der Waals surface area contributed by atoms with Gasteiger partial charge in [0.2, 0.25) is 5.76 Å². The fourth-order valence-electron chi connectivity index (χ4n) is 1.98. The Balaban J connectivity index is 1.97. The number of rotatable bonds is 4. The van der Waals surface area contributed by atoms with Gasteiger partial charge in [-0.1, -0.05) is 12.8 Å². The van der Waals surface area contributed by atoms with Crippen LogP contribution in [0.3, 0.4) is 0 Å². The second kappa shape index (κ2) is 4.82. The number of hydrogen-bond acceptors (Lipinski definition) is 3. The second-order valence-corrected chi connectivity index (χ2v) is 5.72. The monoisotopic (exact) mass is 242 g/mol. The second-order valence-electron chi connectivity index (χ2n) is 4.00. The van der Waals surface area contributed by atoms with Crippen LogP contribution in [0.4, 0.5) is 0 Å². The van der Waals surface area contributed by atoms with Crippen LogP contribution in [0, 0.1) is 0 Å². The summed E-state index contributed by atoms with van der Waals surface area (Å²) in [5.74, 6) is -0.336. The third-order valence-electron chi connectivity index (χ3n) is 2.83. The first-order chi connectivity index (χ1) is 7.66. The Hall–Kier alpha value is -1.10. The van der Waals surface area contributed by atoms with Gasteiger partial charge >= 0.3 is 5.97 Å². The number of carboxylic acids is 1. The number of carbonyl (C=O) groups is 1. The van der Waals surface area contributed by atoms with Crippen LogP contribution in [0.2, 0.25) is 0 Å². The lowest BCUT2D eigenvalue weighted by Crippen LogP contribution is -2.11. The molecule has 1 aromatic rings. The van der Waals surface area contributed by atoms with Crippen LogP contribution in [-0.2, 0) is 16.6 Å². The van der Waals surface area contributed by atoms with Gasteiger partial charge in [0.05, 0.1) is 5.75 Å². The summed E-state index contributed by atoms with van der Waals surface area (Å²) in [7, 11) is -0.933. The Bertz CT molecular complexity index is 404. The van der Waals surface area contributed by atoms with Gasteiger partial charge in [-0.2, -0.15) is 0 Å². The predicted molar refractivity (Wildman–Crippen MR) is 59.8 cm³/mol. The largest absolute Gasteiger partial charge is 0.475 e. The van der Waals surface area contributed by atoms with E-state index in [2.05, 4.69) is 0 Å². The first-order valence-electron chi connectivity index (χ1n) is 5.36. The van der Waals surface area contributed by atoms with E-state index in [0.717, 1.165) is 25.7 Å². The highest BCUT2D eigenvalue weighted by atomic mass is 32.2. The van der Waals surface area contributed by atoms with E-state index in [1.165, 1.54) is 6.07 Å². The van der Waals surface area contributed by atoms with E-state index >= 15 is 0 Å². The van der Waals surface area contributed by atoms with E-state index in [1.54, 1.807) is 6.07 Å². The maximum absolute atomic E-state index is 11.9. The third kappa shape index (κ3) is 2.52. The molecule has 1 aliphatic rings. The average molecular weight is 242 g/mol. The summed E-state index contributed by atoms with van der Waals surface area (Å²) in [6.07, 6.45) is 4.32. The molecule has 0 bridgehead atoms. The van der Waals surface area contributed by atoms with Crippen LogP contribution < -0.4 is 0 Å². The number of carboxylic acid groups (broad SMARTS) is 1. The summed E-state index contributed by atoms with van der Waals surface area (Å²) in [6.45, 7) is 0. The molecule has 88 valence electrons. The van der Waals surface area contributed by atoms with Crippen LogP contribution in [0.25, 0.3) is 0 Å².